The van der Waals surface area contributed by atoms with Gasteiger partial charge in [-0.05, 0) is 68.8 Å². The molecule has 3 nitrogen and oxygen atoms in total. The quantitative estimate of drug-likeness (QED) is 0.408. The highest BCUT2D eigenvalue weighted by molar-refractivity contribution is 5.90. The molecule has 3 rings (SSSR count). The summed E-state index contributed by atoms with van der Waals surface area (Å²) in [5, 5.41) is 10.5. The van der Waals surface area contributed by atoms with E-state index in [2.05, 4.69) is 33.1 Å². The number of fused-ring (bicyclic) bond motifs is 2. The predicted molar refractivity (Wildman–Crippen MR) is 95.3 cm³/mol. The molecule has 1 N–H and O–H groups in total. The summed E-state index contributed by atoms with van der Waals surface area (Å²) in [5.74, 6) is 0.352. The molecule has 0 bridgehead atoms. The van der Waals surface area contributed by atoms with Crippen molar-refractivity contribution in [3.8, 4) is 0 Å². The van der Waals surface area contributed by atoms with E-state index in [0.717, 1.165) is 37.2 Å². The zero-order valence-electron chi connectivity index (χ0n) is 15.0. The van der Waals surface area contributed by atoms with Gasteiger partial charge < -0.3 is 9.84 Å². The first-order valence-corrected chi connectivity index (χ1v) is 9.21. The van der Waals surface area contributed by atoms with Gasteiger partial charge in [-0.2, -0.15) is 0 Å². The van der Waals surface area contributed by atoms with Crippen molar-refractivity contribution in [2.75, 3.05) is 0 Å². The smallest absolute Gasteiger partial charge is 0.334 e. The van der Waals surface area contributed by atoms with E-state index in [9.17, 15) is 9.90 Å². The van der Waals surface area contributed by atoms with Crippen molar-refractivity contribution in [2.24, 2.45) is 17.3 Å². The van der Waals surface area contributed by atoms with Crippen LogP contribution in [0.15, 0.2) is 36.0 Å². The van der Waals surface area contributed by atoms with Gasteiger partial charge in [-0.1, -0.05) is 31.7 Å². The normalized spacial score (nSPS) is 41.0. The second-order valence-electron chi connectivity index (χ2n) is 8.37. The van der Waals surface area contributed by atoms with Crippen molar-refractivity contribution in [2.45, 2.75) is 71.0 Å². The van der Waals surface area contributed by atoms with E-state index in [1.807, 2.05) is 0 Å². The summed E-state index contributed by atoms with van der Waals surface area (Å²) in [6.07, 6.45) is 8.21. The zero-order valence-corrected chi connectivity index (χ0v) is 15.0. The number of esters is 1. The van der Waals surface area contributed by atoms with Crippen LogP contribution in [0.2, 0.25) is 0 Å². The first kappa shape index (κ1) is 17.5. The summed E-state index contributed by atoms with van der Waals surface area (Å²) in [4.78, 5) is 12.0. The highest BCUT2D eigenvalue weighted by atomic mass is 16.6. The molecule has 1 aliphatic heterocycles. The Morgan fingerprint density at radius 1 is 1.29 bits per heavy atom. The number of carbonyl (C=O) groups is 1. The molecule has 0 unspecified atom stereocenters. The molecule has 24 heavy (non-hydrogen) atoms. The predicted octanol–water partition coefficient (Wildman–Crippen LogP) is 4.33. The SMILES string of the molecule is C=C1C(=O)O[C@H]2C[C@@]3(C)C[C@@H]3CCC(C)=CCCC(=C)[C@@H](O)C[C@H]12. The Bertz CT molecular complexity index is 588. The number of hydrogen-bond donors (Lipinski definition) is 1. The lowest BCUT2D eigenvalue weighted by molar-refractivity contribution is -0.140. The Hall–Kier alpha value is -1.35. The lowest BCUT2D eigenvalue weighted by Crippen LogP contribution is -2.26. The Morgan fingerprint density at radius 2 is 2.04 bits per heavy atom. The van der Waals surface area contributed by atoms with Gasteiger partial charge in [0.05, 0.1) is 6.10 Å². The minimum Gasteiger partial charge on any atom is -0.458 e. The zero-order chi connectivity index (χ0) is 17.5. The van der Waals surface area contributed by atoms with Gasteiger partial charge in [-0.25, -0.2) is 4.79 Å². The van der Waals surface area contributed by atoms with Crippen LogP contribution in [-0.2, 0) is 9.53 Å². The Kier molecular flexibility index (Phi) is 4.74. The molecule has 1 saturated heterocycles. The van der Waals surface area contributed by atoms with E-state index in [4.69, 9.17) is 4.74 Å². The van der Waals surface area contributed by atoms with Crippen LogP contribution < -0.4 is 0 Å². The van der Waals surface area contributed by atoms with Crippen molar-refractivity contribution in [1.82, 2.24) is 0 Å². The molecule has 3 heteroatoms. The fourth-order valence-electron chi connectivity index (χ4n) is 4.39. The molecule has 0 amide bonds. The second kappa shape index (κ2) is 6.51. The lowest BCUT2D eigenvalue weighted by Gasteiger charge is -2.25. The number of ether oxygens (including phenoxy) is 1. The van der Waals surface area contributed by atoms with Gasteiger partial charge in [0.15, 0.2) is 0 Å². The maximum atomic E-state index is 12.0. The van der Waals surface area contributed by atoms with Gasteiger partial charge >= 0.3 is 5.97 Å². The van der Waals surface area contributed by atoms with Crippen molar-refractivity contribution in [3.05, 3.63) is 36.0 Å². The fourth-order valence-corrected chi connectivity index (χ4v) is 4.39. The monoisotopic (exact) mass is 330 g/mol. The van der Waals surface area contributed by atoms with Gasteiger partial charge in [0.1, 0.15) is 6.10 Å². The largest absolute Gasteiger partial charge is 0.458 e. The van der Waals surface area contributed by atoms with Crippen molar-refractivity contribution < 1.29 is 14.6 Å². The van der Waals surface area contributed by atoms with Crippen LogP contribution in [0.25, 0.3) is 0 Å². The molecular weight excluding hydrogens is 300 g/mol. The number of carbonyl (C=O) groups excluding carboxylic acids is 1. The van der Waals surface area contributed by atoms with E-state index in [1.54, 1.807) is 0 Å². The number of aliphatic hydroxyl groups is 1. The summed E-state index contributed by atoms with van der Waals surface area (Å²) < 4.78 is 5.61. The third kappa shape index (κ3) is 3.51. The number of allylic oxidation sites excluding steroid dienone is 2. The molecular formula is C21H30O3. The van der Waals surface area contributed by atoms with Crippen molar-refractivity contribution in [3.63, 3.8) is 0 Å². The third-order valence-corrected chi connectivity index (χ3v) is 6.42. The number of hydrogen-bond acceptors (Lipinski definition) is 3. The van der Waals surface area contributed by atoms with Crippen LogP contribution in [0.4, 0.5) is 0 Å². The summed E-state index contributed by atoms with van der Waals surface area (Å²) in [7, 11) is 0. The Morgan fingerprint density at radius 3 is 2.79 bits per heavy atom. The summed E-state index contributed by atoms with van der Waals surface area (Å²) in [6, 6.07) is 0. The minimum atomic E-state index is -0.594. The van der Waals surface area contributed by atoms with Crippen LogP contribution in [0.3, 0.4) is 0 Å². The van der Waals surface area contributed by atoms with E-state index in [-0.39, 0.29) is 23.4 Å². The van der Waals surface area contributed by atoms with Gasteiger partial charge in [-0.15, -0.1) is 0 Å². The third-order valence-electron chi connectivity index (χ3n) is 6.42. The maximum Gasteiger partial charge on any atom is 0.334 e. The average molecular weight is 330 g/mol. The van der Waals surface area contributed by atoms with Gasteiger partial charge in [0.25, 0.3) is 0 Å². The van der Waals surface area contributed by atoms with E-state index in [0.29, 0.717) is 12.0 Å². The molecule has 0 aromatic carbocycles. The molecule has 132 valence electrons. The standard InChI is InChI=1S/C21H30O3/c1-13-6-5-7-14(2)18(22)10-17-15(3)20(23)24-19(17)12-21(4)11-16(21)9-8-13/h6,16-19,22H,2-3,5,7-12H2,1,4H3/t16-,17+,18-,19-,21+/m0/s1. The highest BCUT2D eigenvalue weighted by Crippen LogP contribution is 2.59. The molecule has 1 saturated carbocycles. The topological polar surface area (TPSA) is 46.5 Å². The summed E-state index contributed by atoms with van der Waals surface area (Å²) in [5.41, 5.74) is 3.07. The van der Waals surface area contributed by atoms with Crippen LogP contribution in [0.1, 0.15) is 58.8 Å². The second-order valence-corrected chi connectivity index (χ2v) is 8.37. The van der Waals surface area contributed by atoms with E-state index in [1.165, 1.54) is 18.4 Å². The summed E-state index contributed by atoms with van der Waals surface area (Å²) >= 11 is 0. The summed E-state index contributed by atoms with van der Waals surface area (Å²) in [6.45, 7) is 12.5. The lowest BCUT2D eigenvalue weighted by atomic mass is 9.83. The van der Waals surface area contributed by atoms with Gasteiger partial charge in [-0.3, -0.25) is 0 Å². The number of rotatable bonds is 0. The first-order valence-electron chi connectivity index (χ1n) is 9.21. The molecule has 0 radical (unpaired) electrons. The van der Waals surface area contributed by atoms with E-state index < -0.39 is 6.10 Å². The maximum absolute atomic E-state index is 12.0. The molecule has 2 aliphatic carbocycles. The first-order chi connectivity index (χ1) is 11.3. The minimum absolute atomic E-state index is 0.0810. The fraction of sp³-hybridized carbons (Fsp3) is 0.667. The van der Waals surface area contributed by atoms with E-state index >= 15 is 0 Å². The molecule has 0 spiro atoms. The van der Waals surface area contributed by atoms with Gasteiger partial charge in [0.2, 0.25) is 0 Å². The molecule has 1 heterocycles. The molecule has 0 aromatic rings. The van der Waals surface area contributed by atoms with Crippen LogP contribution >= 0.6 is 0 Å². The molecule has 3 aliphatic rings. The van der Waals surface area contributed by atoms with Crippen LogP contribution in [0, 0.1) is 17.3 Å². The molecule has 0 aromatic heterocycles. The van der Waals surface area contributed by atoms with Crippen LogP contribution in [0.5, 0.6) is 0 Å². The number of aliphatic hydroxyl groups excluding tert-OH is 1. The van der Waals surface area contributed by atoms with Gasteiger partial charge in [0, 0.05) is 11.5 Å². The molecule has 5 atom stereocenters. The average Bonchev–Trinajstić information content (AvgIpc) is 3.10. The van der Waals surface area contributed by atoms with Crippen molar-refractivity contribution >= 4 is 5.97 Å². The molecule has 2 fully saturated rings. The Balaban J connectivity index is 1.79. The van der Waals surface area contributed by atoms with Crippen molar-refractivity contribution in [1.29, 1.82) is 0 Å². The van der Waals surface area contributed by atoms with Crippen LogP contribution in [-0.4, -0.2) is 23.3 Å². The Labute approximate surface area is 145 Å². The highest BCUT2D eigenvalue weighted by Gasteiger charge is 2.53.